The monoisotopic (exact) mass is 416 g/mol. The first-order valence-electron chi connectivity index (χ1n) is 8.52. The lowest BCUT2D eigenvalue weighted by Gasteiger charge is -2.25. The third-order valence-corrected chi connectivity index (χ3v) is 5.41. The van der Waals surface area contributed by atoms with E-state index in [2.05, 4.69) is 21.2 Å². The molecule has 2 unspecified atom stereocenters. The van der Waals surface area contributed by atoms with Crippen LogP contribution in [0.3, 0.4) is 0 Å². The van der Waals surface area contributed by atoms with Gasteiger partial charge in [0.2, 0.25) is 0 Å². The summed E-state index contributed by atoms with van der Waals surface area (Å²) in [6.45, 7) is 6.89. The Labute approximate surface area is 155 Å². The summed E-state index contributed by atoms with van der Waals surface area (Å²) >= 11 is 2.98. The first kappa shape index (κ1) is 18.4. The van der Waals surface area contributed by atoms with Gasteiger partial charge in [0.15, 0.2) is 11.6 Å². The Balaban J connectivity index is 1.57. The molecule has 1 aromatic carbocycles. The zero-order valence-electron chi connectivity index (χ0n) is 14.6. The molecule has 2 fully saturated rings. The summed E-state index contributed by atoms with van der Waals surface area (Å²) in [5.41, 5.74) is -0.308. The molecule has 1 heterocycles. The number of fused-ring (bicyclic) bond motifs is 1. The molecule has 0 radical (unpaired) electrons. The van der Waals surface area contributed by atoms with E-state index in [0.717, 1.165) is 12.8 Å². The Bertz CT molecular complexity index is 664. The maximum absolute atomic E-state index is 14.0. The first-order chi connectivity index (χ1) is 11.6. The lowest BCUT2D eigenvalue weighted by atomic mass is 10.0. The van der Waals surface area contributed by atoms with Crippen LogP contribution in [0.4, 0.5) is 19.3 Å². The molecule has 1 N–H and O–H groups in total. The van der Waals surface area contributed by atoms with E-state index in [9.17, 15) is 13.6 Å². The van der Waals surface area contributed by atoms with Crippen molar-refractivity contribution in [3.05, 3.63) is 28.2 Å². The number of ether oxygens (including phenoxy) is 1. The third kappa shape index (κ3) is 4.07. The quantitative estimate of drug-likeness (QED) is 0.704. The summed E-state index contributed by atoms with van der Waals surface area (Å²) in [5.74, 6) is -0.997. The predicted octanol–water partition coefficient (Wildman–Crippen LogP) is 4.78. The molecule has 1 amide bonds. The van der Waals surface area contributed by atoms with Crippen molar-refractivity contribution in [2.45, 2.75) is 45.3 Å². The number of amides is 1. The van der Waals surface area contributed by atoms with Gasteiger partial charge in [0.25, 0.3) is 0 Å². The number of likely N-dealkylation sites (tertiary alicyclic amines) is 1. The number of hydrogen-bond donors (Lipinski definition) is 1. The van der Waals surface area contributed by atoms with Crippen molar-refractivity contribution in [3.8, 4) is 0 Å². The van der Waals surface area contributed by atoms with Gasteiger partial charge in [-0.1, -0.05) is 0 Å². The number of carbonyl (C=O) groups excluding carboxylic acids is 1. The zero-order chi connectivity index (χ0) is 18.4. The highest BCUT2D eigenvalue weighted by Crippen LogP contribution is 2.40. The minimum absolute atomic E-state index is 0.0888. The van der Waals surface area contributed by atoms with Crippen LogP contribution in [-0.2, 0) is 4.74 Å². The van der Waals surface area contributed by atoms with Crippen LogP contribution in [0.25, 0.3) is 0 Å². The molecule has 7 heteroatoms. The molecule has 25 heavy (non-hydrogen) atoms. The first-order valence-corrected chi connectivity index (χ1v) is 9.31. The molecule has 0 spiro atoms. The van der Waals surface area contributed by atoms with E-state index in [1.165, 1.54) is 6.07 Å². The number of benzene rings is 1. The third-order valence-electron chi connectivity index (χ3n) is 4.80. The van der Waals surface area contributed by atoms with Crippen LogP contribution in [0.5, 0.6) is 0 Å². The molecule has 1 aromatic rings. The van der Waals surface area contributed by atoms with Crippen molar-refractivity contribution in [1.82, 2.24) is 4.90 Å². The second kappa shape index (κ2) is 6.74. The van der Waals surface area contributed by atoms with Gasteiger partial charge in [-0.3, -0.25) is 0 Å². The van der Waals surface area contributed by atoms with Crippen LogP contribution in [0, 0.1) is 23.5 Å². The van der Waals surface area contributed by atoms with Crippen LogP contribution in [-0.4, -0.2) is 35.7 Å². The summed E-state index contributed by atoms with van der Waals surface area (Å²) in [5, 5.41) is 3.12. The lowest BCUT2D eigenvalue weighted by molar-refractivity contribution is 0.0280. The van der Waals surface area contributed by atoms with Gasteiger partial charge in [-0.05, 0) is 73.5 Å². The standard InChI is InChI=1S/C18H23BrF2N2O2/c1-18(2,3)25-17(24)23-8-10-6-12(7-11(10)9-23)22-14-5-4-13(19)15(20)16(14)21/h4-5,10-12,22H,6-9H2,1-3H3/t10-,11?,12?/m1/s1. The van der Waals surface area contributed by atoms with Crippen LogP contribution >= 0.6 is 15.9 Å². The molecule has 3 atom stereocenters. The van der Waals surface area contributed by atoms with Gasteiger partial charge >= 0.3 is 6.09 Å². The van der Waals surface area contributed by atoms with Crippen molar-refractivity contribution >= 4 is 27.7 Å². The van der Waals surface area contributed by atoms with Crippen molar-refractivity contribution in [2.75, 3.05) is 18.4 Å². The normalized spacial score (nSPS) is 25.8. The molecule has 0 aromatic heterocycles. The number of nitrogens with one attached hydrogen (secondary N) is 1. The Kier molecular flexibility index (Phi) is 4.97. The second-order valence-electron chi connectivity index (χ2n) is 7.94. The molecule has 4 nitrogen and oxygen atoms in total. The lowest BCUT2D eigenvalue weighted by Crippen LogP contribution is -2.36. The van der Waals surface area contributed by atoms with E-state index in [1.807, 2.05) is 20.8 Å². The van der Waals surface area contributed by atoms with Gasteiger partial charge in [-0.25, -0.2) is 13.6 Å². The molecule has 1 aliphatic carbocycles. The number of halogens is 3. The fourth-order valence-electron chi connectivity index (χ4n) is 3.75. The second-order valence-corrected chi connectivity index (χ2v) is 8.80. The average molecular weight is 417 g/mol. The number of carbonyl (C=O) groups is 1. The summed E-state index contributed by atoms with van der Waals surface area (Å²) in [6.07, 6.45) is 1.40. The number of nitrogens with zero attached hydrogens (tertiary/aromatic N) is 1. The minimum atomic E-state index is -0.876. The Morgan fingerprint density at radius 1 is 1.20 bits per heavy atom. The van der Waals surface area contributed by atoms with Crippen LogP contribution in [0.1, 0.15) is 33.6 Å². The molecular weight excluding hydrogens is 394 g/mol. The van der Waals surface area contributed by atoms with Gasteiger partial charge in [0.05, 0.1) is 10.2 Å². The van der Waals surface area contributed by atoms with Gasteiger partial charge in [-0.2, -0.15) is 0 Å². The number of hydrogen-bond acceptors (Lipinski definition) is 3. The Hall–Kier alpha value is -1.37. The molecule has 1 aliphatic heterocycles. The predicted molar refractivity (Wildman–Crippen MR) is 95.5 cm³/mol. The zero-order valence-corrected chi connectivity index (χ0v) is 16.2. The highest BCUT2D eigenvalue weighted by molar-refractivity contribution is 9.10. The van der Waals surface area contributed by atoms with Crippen molar-refractivity contribution in [2.24, 2.45) is 11.8 Å². The molecule has 1 saturated carbocycles. The van der Waals surface area contributed by atoms with E-state index in [4.69, 9.17) is 4.74 Å². The SMILES string of the molecule is CC(C)(C)OC(=O)N1CC2CC(Nc3ccc(Br)c(F)c3F)C[C@@H]2C1. The smallest absolute Gasteiger partial charge is 0.410 e. The topological polar surface area (TPSA) is 41.6 Å². The largest absolute Gasteiger partial charge is 0.444 e. The van der Waals surface area contributed by atoms with E-state index in [-0.39, 0.29) is 22.3 Å². The average Bonchev–Trinajstić information content (AvgIpc) is 3.04. The van der Waals surface area contributed by atoms with Gasteiger partial charge in [0.1, 0.15) is 5.60 Å². The summed E-state index contributed by atoms with van der Waals surface area (Å²) in [6, 6.07) is 3.13. The van der Waals surface area contributed by atoms with Gasteiger partial charge in [0, 0.05) is 19.1 Å². The molecule has 1 saturated heterocycles. The van der Waals surface area contributed by atoms with Gasteiger partial charge in [-0.15, -0.1) is 0 Å². The van der Waals surface area contributed by atoms with Crippen molar-refractivity contribution in [3.63, 3.8) is 0 Å². The number of rotatable bonds is 2. The molecule has 3 rings (SSSR count). The summed E-state index contributed by atoms with van der Waals surface area (Å²) in [4.78, 5) is 13.9. The molecule has 0 bridgehead atoms. The maximum Gasteiger partial charge on any atom is 0.410 e. The molecule has 2 aliphatic rings. The highest BCUT2D eigenvalue weighted by atomic mass is 79.9. The summed E-state index contributed by atoms with van der Waals surface area (Å²) in [7, 11) is 0. The fourth-order valence-corrected chi connectivity index (χ4v) is 4.06. The summed E-state index contributed by atoms with van der Waals surface area (Å²) < 4.78 is 33.2. The van der Waals surface area contributed by atoms with E-state index in [1.54, 1.807) is 11.0 Å². The van der Waals surface area contributed by atoms with E-state index >= 15 is 0 Å². The highest BCUT2D eigenvalue weighted by Gasteiger charge is 2.43. The van der Waals surface area contributed by atoms with Crippen LogP contribution < -0.4 is 5.32 Å². The Morgan fingerprint density at radius 2 is 1.80 bits per heavy atom. The van der Waals surface area contributed by atoms with Crippen molar-refractivity contribution in [1.29, 1.82) is 0 Å². The van der Waals surface area contributed by atoms with Crippen molar-refractivity contribution < 1.29 is 18.3 Å². The molecule has 138 valence electrons. The van der Waals surface area contributed by atoms with E-state index in [0.29, 0.717) is 24.9 Å². The molecular formula is C18H23BrF2N2O2. The van der Waals surface area contributed by atoms with Crippen LogP contribution in [0.2, 0.25) is 0 Å². The van der Waals surface area contributed by atoms with Gasteiger partial charge < -0.3 is 15.0 Å². The maximum atomic E-state index is 14.0. The fraction of sp³-hybridized carbons (Fsp3) is 0.611. The van der Waals surface area contributed by atoms with E-state index < -0.39 is 17.2 Å². The van der Waals surface area contributed by atoms with Crippen LogP contribution in [0.15, 0.2) is 16.6 Å². The minimum Gasteiger partial charge on any atom is -0.444 e. The Morgan fingerprint density at radius 3 is 2.36 bits per heavy atom. The number of anilines is 1.